The molecule has 2 aromatic rings. The molecule has 1 atom stereocenters. The van der Waals surface area contributed by atoms with Crippen LogP contribution in [0, 0.1) is 0 Å². The lowest BCUT2D eigenvalue weighted by Crippen LogP contribution is -2.23. The van der Waals surface area contributed by atoms with Crippen molar-refractivity contribution in [3.05, 3.63) is 47.8 Å². The lowest BCUT2D eigenvalue weighted by atomic mass is 10.0. The number of rotatable bonds is 7. The zero-order valence-electron chi connectivity index (χ0n) is 12.1. The molecule has 2 rings (SSSR count). The zero-order valence-corrected chi connectivity index (χ0v) is 12.1. The van der Waals surface area contributed by atoms with Gasteiger partial charge in [0.15, 0.2) is 0 Å². The van der Waals surface area contributed by atoms with Gasteiger partial charge >= 0.3 is 6.61 Å². The van der Waals surface area contributed by atoms with Crippen LogP contribution >= 0.6 is 0 Å². The molecule has 0 spiro atoms. The van der Waals surface area contributed by atoms with Crippen molar-refractivity contribution in [2.24, 2.45) is 7.05 Å². The highest BCUT2D eigenvalue weighted by Crippen LogP contribution is 2.23. The van der Waals surface area contributed by atoms with E-state index >= 15 is 0 Å². The summed E-state index contributed by atoms with van der Waals surface area (Å²) >= 11 is 0. The van der Waals surface area contributed by atoms with Crippen LogP contribution in [0.3, 0.4) is 0 Å². The highest BCUT2D eigenvalue weighted by molar-refractivity contribution is 5.33. The van der Waals surface area contributed by atoms with Crippen LogP contribution in [0.15, 0.2) is 36.5 Å². The Labute approximate surface area is 122 Å². The maximum atomic E-state index is 12.2. The molecule has 0 saturated heterocycles. The van der Waals surface area contributed by atoms with Gasteiger partial charge in [0.1, 0.15) is 5.75 Å². The van der Waals surface area contributed by atoms with Gasteiger partial charge < -0.3 is 10.1 Å². The van der Waals surface area contributed by atoms with E-state index in [1.165, 1.54) is 0 Å². The smallest absolute Gasteiger partial charge is 0.387 e. The van der Waals surface area contributed by atoms with Gasteiger partial charge in [0.2, 0.25) is 0 Å². The molecule has 0 fully saturated rings. The Morgan fingerprint density at radius 2 is 1.95 bits per heavy atom. The molecular formula is C15H19F2N3O. The lowest BCUT2D eigenvalue weighted by Gasteiger charge is -2.17. The quantitative estimate of drug-likeness (QED) is 0.853. The van der Waals surface area contributed by atoms with E-state index in [0.717, 1.165) is 24.2 Å². The number of hydrogen-bond donors (Lipinski definition) is 1. The van der Waals surface area contributed by atoms with Crippen LogP contribution in [-0.2, 0) is 7.05 Å². The van der Waals surface area contributed by atoms with Gasteiger partial charge in [-0.25, -0.2) is 0 Å². The van der Waals surface area contributed by atoms with Crippen molar-refractivity contribution in [1.29, 1.82) is 0 Å². The third-order valence-corrected chi connectivity index (χ3v) is 3.07. The van der Waals surface area contributed by atoms with Crippen LogP contribution in [0.5, 0.6) is 5.75 Å². The molecular weight excluding hydrogens is 276 g/mol. The molecule has 0 amide bonds. The first-order valence-electron chi connectivity index (χ1n) is 6.88. The number of benzene rings is 1. The highest BCUT2D eigenvalue weighted by Gasteiger charge is 2.16. The summed E-state index contributed by atoms with van der Waals surface area (Å²) in [7, 11) is 1.86. The first-order chi connectivity index (χ1) is 10.1. The fourth-order valence-electron chi connectivity index (χ4n) is 2.11. The molecule has 1 unspecified atom stereocenters. The van der Waals surface area contributed by atoms with Gasteiger partial charge in [0.05, 0.1) is 11.7 Å². The summed E-state index contributed by atoms with van der Waals surface area (Å²) in [6.07, 6.45) is 2.88. The third-order valence-electron chi connectivity index (χ3n) is 3.07. The molecule has 1 aromatic heterocycles. The average molecular weight is 295 g/mol. The second-order valence-corrected chi connectivity index (χ2v) is 4.75. The SMILES string of the molecule is CCCNC(c1ccc(OC(F)F)cc1)c1ccn(C)n1. The average Bonchev–Trinajstić information content (AvgIpc) is 2.87. The molecule has 1 heterocycles. The monoisotopic (exact) mass is 295 g/mol. The van der Waals surface area contributed by atoms with Crippen molar-refractivity contribution in [1.82, 2.24) is 15.1 Å². The van der Waals surface area contributed by atoms with E-state index in [-0.39, 0.29) is 11.8 Å². The number of hydrogen-bond acceptors (Lipinski definition) is 3. The number of halogens is 2. The highest BCUT2D eigenvalue weighted by atomic mass is 19.3. The van der Waals surface area contributed by atoms with Crippen molar-refractivity contribution in [2.75, 3.05) is 6.54 Å². The molecule has 0 aliphatic heterocycles. The third kappa shape index (κ3) is 4.26. The summed E-state index contributed by atoms with van der Waals surface area (Å²) in [6, 6.07) is 8.53. The Hall–Kier alpha value is -1.95. The molecule has 0 aliphatic rings. The van der Waals surface area contributed by atoms with Crippen molar-refractivity contribution in [2.45, 2.75) is 26.0 Å². The lowest BCUT2D eigenvalue weighted by molar-refractivity contribution is -0.0498. The second kappa shape index (κ2) is 7.17. The Bertz CT molecular complexity index is 554. The van der Waals surface area contributed by atoms with Gasteiger partial charge in [-0.1, -0.05) is 19.1 Å². The molecule has 114 valence electrons. The molecule has 4 nitrogen and oxygen atoms in total. The van der Waals surface area contributed by atoms with Gasteiger partial charge in [-0.15, -0.1) is 0 Å². The minimum absolute atomic E-state index is 0.0632. The number of alkyl halides is 2. The number of aryl methyl sites for hydroxylation is 1. The van der Waals surface area contributed by atoms with Crippen molar-refractivity contribution in [3.63, 3.8) is 0 Å². The Morgan fingerprint density at radius 1 is 1.24 bits per heavy atom. The number of ether oxygens (including phenoxy) is 1. The van der Waals surface area contributed by atoms with E-state index in [1.54, 1.807) is 28.9 Å². The first-order valence-corrected chi connectivity index (χ1v) is 6.88. The molecule has 0 saturated carbocycles. The molecule has 0 bridgehead atoms. The summed E-state index contributed by atoms with van der Waals surface area (Å²) in [6.45, 7) is 0.124. The van der Waals surface area contributed by atoms with Crippen LogP contribution < -0.4 is 10.1 Å². The molecule has 1 N–H and O–H groups in total. The van der Waals surface area contributed by atoms with Gasteiger partial charge in [-0.05, 0) is 36.7 Å². The van der Waals surface area contributed by atoms with E-state index in [9.17, 15) is 8.78 Å². The number of nitrogens with one attached hydrogen (secondary N) is 1. The summed E-state index contributed by atoms with van der Waals surface area (Å²) in [5, 5.41) is 7.82. The van der Waals surface area contributed by atoms with Crippen LogP contribution in [-0.4, -0.2) is 22.9 Å². The van der Waals surface area contributed by atoms with Gasteiger partial charge in [0, 0.05) is 13.2 Å². The van der Waals surface area contributed by atoms with Crippen LogP contribution in [0.1, 0.15) is 30.6 Å². The first kappa shape index (κ1) is 15.4. The van der Waals surface area contributed by atoms with E-state index in [2.05, 4.69) is 22.1 Å². The molecule has 21 heavy (non-hydrogen) atoms. The Balaban J connectivity index is 2.20. The summed E-state index contributed by atoms with van der Waals surface area (Å²) < 4.78 is 30.4. The maximum absolute atomic E-state index is 12.2. The van der Waals surface area contributed by atoms with Crippen molar-refractivity contribution >= 4 is 0 Å². The number of aromatic nitrogens is 2. The summed E-state index contributed by atoms with van der Waals surface area (Å²) in [5.41, 5.74) is 1.86. The minimum Gasteiger partial charge on any atom is -0.435 e. The van der Waals surface area contributed by atoms with Crippen molar-refractivity contribution < 1.29 is 13.5 Å². The largest absolute Gasteiger partial charge is 0.435 e. The minimum atomic E-state index is -2.80. The topological polar surface area (TPSA) is 39.1 Å². The molecule has 0 aliphatic carbocycles. The standard InChI is InChI=1S/C15H19F2N3O/c1-3-9-18-14(13-8-10-20(2)19-13)11-4-6-12(7-5-11)21-15(16)17/h4-8,10,14-15,18H,3,9H2,1-2H3. The molecule has 6 heteroatoms. The molecule has 1 aromatic carbocycles. The maximum Gasteiger partial charge on any atom is 0.387 e. The summed E-state index contributed by atoms with van der Waals surface area (Å²) in [4.78, 5) is 0. The predicted molar refractivity (Wildman–Crippen MR) is 76.4 cm³/mol. The van der Waals surface area contributed by atoms with Gasteiger partial charge in [-0.3, -0.25) is 4.68 Å². The van der Waals surface area contributed by atoms with E-state index < -0.39 is 6.61 Å². The van der Waals surface area contributed by atoms with Crippen LogP contribution in [0.25, 0.3) is 0 Å². The van der Waals surface area contributed by atoms with Crippen molar-refractivity contribution in [3.8, 4) is 5.75 Å². The fourth-order valence-corrected chi connectivity index (χ4v) is 2.11. The Morgan fingerprint density at radius 3 is 2.48 bits per heavy atom. The molecule has 0 radical (unpaired) electrons. The van der Waals surface area contributed by atoms with Gasteiger partial charge in [0.25, 0.3) is 0 Å². The van der Waals surface area contributed by atoms with E-state index in [0.29, 0.717) is 0 Å². The normalized spacial score (nSPS) is 12.6. The second-order valence-electron chi connectivity index (χ2n) is 4.75. The van der Waals surface area contributed by atoms with Crippen LogP contribution in [0.4, 0.5) is 8.78 Å². The zero-order chi connectivity index (χ0) is 15.2. The fraction of sp³-hybridized carbons (Fsp3) is 0.400. The van der Waals surface area contributed by atoms with E-state index in [4.69, 9.17) is 0 Å². The van der Waals surface area contributed by atoms with E-state index in [1.807, 2.05) is 19.3 Å². The van der Waals surface area contributed by atoms with Crippen LogP contribution in [0.2, 0.25) is 0 Å². The predicted octanol–water partition coefficient (Wildman–Crippen LogP) is 3.11. The van der Waals surface area contributed by atoms with Gasteiger partial charge in [-0.2, -0.15) is 13.9 Å². The Kier molecular flexibility index (Phi) is 5.27. The summed E-state index contributed by atoms with van der Waals surface area (Å²) in [5.74, 6) is 0.156. The number of nitrogens with zero attached hydrogens (tertiary/aromatic N) is 2.